The molecule has 0 bridgehead atoms. The first-order chi connectivity index (χ1) is 7.22. The van der Waals surface area contributed by atoms with Crippen LogP contribution >= 0.6 is 11.8 Å². The van der Waals surface area contributed by atoms with Gasteiger partial charge in [0.1, 0.15) is 0 Å². The van der Waals surface area contributed by atoms with Crippen LogP contribution in [0.4, 0.5) is 0 Å². The second kappa shape index (κ2) is 7.12. The van der Waals surface area contributed by atoms with E-state index in [1.807, 2.05) is 11.8 Å². The van der Waals surface area contributed by atoms with Crippen molar-refractivity contribution in [3.8, 4) is 0 Å². The summed E-state index contributed by atoms with van der Waals surface area (Å²) in [4.78, 5) is 11.4. The molecule has 0 aromatic heterocycles. The summed E-state index contributed by atoms with van der Waals surface area (Å²) in [6.07, 6.45) is 3.53. The van der Waals surface area contributed by atoms with Crippen LogP contribution in [0, 0.1) is 0 Å². The molecular formula is C11H22N2OS. The number of nitrogens with one attached hydrogen (secondary N) is 2. The number of carbonyl (C=O) groups is 1. The van der Waals surface area contributed by atoms with E-state index in [0.717, 1.165) is 17.9 Å². The third kappa shape index (κ3) is 6.79. The predicted octanol–water partition coefficient (Wildman–Crippen LogP) is 1.39. The van der Waals surface area contributed by atoms with E-state index in [2.05, 4.69) is 24.5 Å². The van der Waals surface area contributed by atoms with Gasteiger partial charge in [-0.1, -0.05) is 6.92 Å². The van der Waals surface area contributed by atoms with Gasteiger partial charge in [0.2, 0.25) is 5.91 Å². The highest BCUT2D eigenvalue weighted by atomic mass is 32.2. The topological polar surface area (TPSA) is 41.1 Å². The fourth-order valence-electron chi connectivity index (χ4n) is 1.33. The Morgan fingerprint density at radius 2 is 2.27 bits per heavy atom. The quantitative estimate of drug-likeness (QED) is 0.619. The fourth-order valence-corrected chi connectivity index (χ4v) is 2.14. The van der Waals surface area contributed by atoms with Crippen molar-refractivity contribution in [1.82, 2.24) is 10.6 Å². The van der Waals surface area contributed by atoms with Gasteiger partial charge >= 0.3 is 0 Å². The normalized spacial score (nSPS) is 17.5. The second-order valence-electron chi connectivity index (χ2n) is 4.11. The first kappa shape index (κ1) is 12.8. The molecule has 15 heavy (non-hydrogen) atoms. The summed E-state index contributed by atoms with van der Waals surface area (Å²) in [5.74, 6) is 2.42. The first-order valence-electron chi connectivity index (χ1n) is 5.83. The lowest BCUT2D eigenvalue weighted by atomic mass is 10.2. The van der Waals surface area contributed by atoms with Gasteiger partial charge in [0.15, 0.2) is 0 Å². The Bertz CT molecular complexity index is 195. The molecule has 1 atom stereocenters. The van der Waals surface area contributed by atoms with Crippen molar-refractivity contribution in [1.29, 1.82) is 0 Å². The molecule has 1 amide bonds. The molecule has 0 aromatic rings. The van der Waals surface area contributed by atoms with Gasteiger partial charge in [0, 0.05) is 12.1 Å². The molecular weight excluding hydrogens is 208 g/mol. The largest absolute Gasteiger partial charge is 0.353 e. The molecule has 0 spiro atoms. The van der Waals surface area contributed by atoms with Gasteiger partial charge in [0.05, 0.1) is 6.54 Å². The third-order valence-corrected chi connectivity index (χ3v) is 3.37. The Balaban J connectivity index is 1.96. The van der Waals surface area contributed by atoms with Crippen molar-refractivity contribution in [3.05, 3.63) is 0 Å². The molecule has 1 saturated carbocycles. The third-order valence-electron chi connectivity index (χ3n) is 2.44. The summed E-state index contributed by atoms with van der Waals surface area (Å²) in [5, 5.41) is 6.22. The molecule has 0 heterocycles. The maximum atomic E-state index is 11.4. The van der Waals surface area contributed by atoms with Crippen molar-refractivity contribution >= 4 is 17.7 Å². The monoisotopic (exact) mass is 230 g/mol. The minimum absolute atomic E-state index is 0.135. The average Bonchev–Trinajstić information content (AvgIpc) is 2.98. The maximum Gasteiger partial charge on any atom is 0.234 e. The molecule has 1 aliphatic rings. The van der Waals surface area contributed by atoms with E-state index in [1.54, 1.807) is 0 Å². The Morgan fingerprint density at radius 3 is 2.87 bits per heavy atom. The smallest absolute Gasteiger partial charge is 0.234 e. The summed E-state index contributed by atoms with van der Waals surface area (Å²) in [5.41, 5.74) is 0. The van der Waals surface area contributed by atoms with Crippen molar-refractivity contribution in [3.63, 3.8) is 0 Å². The molecule has 2 N–H and O–H groups in total. The van der Waals surface area contributed by atoms with Crippen LogP contribution in [0.25, 0.3) is 0 Å². The van der Waals surface area contributed by atoms with Crippen LogP contribution in [0.3, 0.4) is 0 Å². The van der Waals surface area contributed by atoms with Crippen LogP contribution in [-0.2, 0) is 4.79 Å². The Labute approximate surface area is 96.8 Å². The molecule has 0 aliphatic heterocycles. The van der Waals surface area contributed by atoms with Crippen molar-refractivity contribution in [2.24, 2.45) is 0 Å². The summed E-state index contributed by atoms with van der Waals surface area (Å²) in [6, 6.07) is 0.916. The van der Waals surface area contributed by atoms with E-state index < -0.39 is 0 Å². The van der Waals surface area contributed by atoms with Crippen molar-refractivity contribution in [2.45, 2.75) is 45.2 Å². The van der Waals surface area contributed by atoms with E-state index in [9.17, 15) is 4.79 Å². The molecule has 1 fully saturated rings. The van der Waals surface area contributed by atoms with E-state index in [0.29, 0.717) is 18.6 Å². The predicted molar refractivity (Wildman–Crippen MR) is 66.2 cm³/mol. The Hall–Kier alpha value is -0.220. The van der Waals surface area contributed by atoms with E-state index >= 15 is 0 Å². The van der Waals surface area contributed by atoms with E-state index in [-0.39, 0.29) is 5.91 Å². The minimum atomic E-state index is 0.135. The number of rotatable bonds is 8. The van der Waals surface area contributed by atoms with E-state index in [4.69, 9.17) is 0 Å². The zero-order valence-corrected chi connectivity index (χ0v) is 10.5. The van der Waals surface area contributed by atoms with Crippen LogP contribution in [0.15, 0.2) is 0 Å². The van der Waals surface area contributed by atoms with E-state index in [1.165, 1.54) is 12.8 Å². The second-order valence-corrected chi connectivity index (χ2v) is 5.50. The number of thioether (sulfide) groups is 1. The van der Waals surface area contributed by atoms with Crippen LogP contribution in [-0.4, -0.2) is 36.0 Å². The van der Waals surface area contributed by atoms with Gasteiger partial charge in [-0.15, -0.1) is 0 Å². The molecule has 4 heteroatoms. The maximum absolute atomic E-state index is 11.4. The minimum Gasteiger partial charge on any atom is -0.353 e. The van der Waals surface area contributed by atoms with Crippen LogP contribution in [0.2, 0.25) is 0 Å². The average molecular weight is 230 g/mol. The van der Waals surface area contributed by atoms with Crippen LogP contribution in [0.1, 0.15) is 33.1 Å². The lowest BCUT2D eigenvalue weighted by molar-refractivity contribution is -0.120. The number of amides is 1. The van der Waals surface area contributed by atoms with Crippen LogP contribution < -0.4 is 10.6 Å². The molecule has 0 saturated heterocycles. The Kier molecular flexibility index (Phi) is 6.10. The SMILES string of the molecule is CCSCCC(C)NC(=O)CNC1CC1. The van der Waals surface area contributed by atoms with Gasteiger partial charge in [-0.05, 0) is 37.7 Å². The summed E-state index contributed by atoms with van der Waals surface area (Å²) >= 11 is 1.92. The molecule has 0 radical (unpaired) electrons. The van der Waals surface area contributed by atoms with Gasteiger partial charge in [-0.3, -0.25) is 4.79 Å². The van der Waals surface area contributed by atoms with Crippen molar-refractivity contribution in [2.75, 3.05) is 18.1 Å². The van der Waals surface area contributed by atoms with Crippen LogP contribution in [0.5, 0.6) is 0 Å². The molecule has 3 nitrogen and oxygen atoms in total. The first-order valence-corrected chi connectivity index (χ1v) is 6.98. The molecule has 1 rings (SSSR count). The number of carbonyl (C=O) groups excluding carboxylic acids is 1. The molecule has 0 aromatic carbocycles. The van der Waals surface area contributed by atoms with Gasteiger partial charge in [-0.25, -0.2) is 0 Å². The molecule has 1 unspecified atom stereocenters. The number of hydrogen-bond acceptors (Lipinski definition) is 3. The zero-order valence-electron chi connectivity index (χ0n) is 9.71. The van der Waals surface area contributed by atoms with Gasteiger partial charge in [0.25, 0.3) is 0 Å². The lowest BCUT2D eigenvalue weighted by Gasteiger charge is -2.13. The standard InChI is InChI=1S/C11H22N2OS/c1-3-15-7-6-9(2)13-11(14)8-12-10-4-5-10/h9-10,12H,3-8H2,1-2H3,(H,13,14). The summed E-state index contributed by atoms with van der Waals surface area (Å²) in [7, 11) is 0. The highest BCUT2D eigenvalue weighted by Gasteiger charge is 2.21. The summed E-state index contributed by atoms with van der Waals surface area (Å²) in [6.45, 7) is 4.72. The Morgan fingerprint density at radius 1 is 1.53 bits per heavy atom. The van der Waals surface area contributed by atoms with Crippen molar-refractivity contribution < 1.29 is 4.79 Å². The molecule has 88 valence electrons. The highest BCUT2D eigenvalue weighted by Crippen LogP contribution is 2.17. The fraction of sp³-hybridized carbons (Fsp3) is 0.909. The van der Waals surface area contributed by atoms with Gasteiger partial charge < -0.3 is 10.6 Å². The highest BCUT2D eigenvalue weighted by molar-refractivity contribution is 7.99. The number of hydrogen-bond donors (Lipinski definition) is 2. The zero-order chi connectivity index (χ0) is 11.1. The summed E-state index contributed by atoms with van der Waals surface area (Å²) < 4.78 is 0. The molecule has 1 aliphatic carbocycles. The van der Waals surface area contributed by atoms with Gasteiger partial charge in [-0.2, -0.15) is 11.8 Å². The lowest BCUT2D eigenvalue weighted by Crippen LogP contribution is -2.39.